The van der Waals surface area contributed by atoms with Crippen LogP contribution >= 0.6 is 0 Å². The minimum atomic E-state index is -2.54. The van der Waals surface area contributed by atoms with Gasteiger partial charge in [-0.05, 0) is 25.1 Å². The fraction of sp³-hybridized carbons (Fsp3) is 0.286. The molecule has 1 saturated heterocycles. The number of ketones is 2. The lowest BCUT2D eigenvalue weighted by atomic mass is 9.83. The van der Waals surface area contributed by atoms with Crippen molar-refractivity contribution >= 4 is 28.2 Å². The van der Waals surface area contributed by atoms with Gasteiger partial charge in [-0.3, -0.25) is 19.3 Å². The summed E-state index contributed by atoms with van der Waals surface area (Å²) in [4.78, 5) is 41.9. The number of thiol groups is 1. The molecule has 0 radical (unpaired) electrons. The molecule has 4 rings (SSSR count). The fourth-order valence-corrected chi connectivity index (χ4v) is 4.34. The molecule has 2 aromatic carbocycles. The number of hydrogen-bond acceptors (Lipinski definition) is 6. The Kier molecular flexibility index (Phi) is 5.06. The summed E-state index contributed by atoms with van der Waals surface area (Å²) < 4.78 is 22.3. The van der Waals surface area contributed by atoms with Gasteiger partial charge in [0.05, 0.1) is 0 Å². The molecule has 8 heteroatoms. The standard InChI is InChI=1S/C21H20N2O5S/c1-13(29(27)28)22-8-10-23(11-9-22)21(26)14-6-7-17-18(12-14)20(25)16-5-3-2-4-15(16)19(17)24/h2-7,12-13,29H,8-11H2,1H3. The zero-order chi connectivity index (χ0) is 20.7. The monoisotopic (exact) mass is 412 g/mol. The lowest BCUT2D eigenvalue weighted by Crippen LogP contribution is -2.51. The summed E-state index contributed by atoms with van der Waals surface area (Å²) in [7, 11) is -2.54. The largest absolute Gasteiger partial charge is 0.336 e. The first-order valence-corrected chi connectivity index (χ1v) is 10.6. The number of amides is 1. The van der Waals surface area contributed by atoms with Gasteiger partial charge < -0.3 is 4.90 Å². The maximum absolute atomic E-state index is 12.9. The second kappa shape index (κ2) is 7.53. The molecule has 1 aliphatic carbocycles. The average molecular weight is 412 g/mol. The van der Waals surface area contributed by atoms with Crippen molar-refractivity contribution in [2.75, 3.05) is 26.2 Å². The van der Waals surface area contributed by atoms with E-state index in [1.807, 2.05) is 4.90 Å². The van der Waals surface area contributed by atoms with E-state index in [0.29, 0.717) is 48.4 Å². The summed E-state index contributed by atoms with van der Waals surface area (Å²) in [5, 5.41) is -0.560. The van der Waals surface area contributed by atoms with Gasteiger partial charge in [0.15, 0.2) is 22.3 Å². The molecule has 0 aromatic heterocycles. The fourth-order valence-electron chi connectivity index (χ4n) is 3.85. The molecule has 1 atom stereocenters. The van der Waals surface area contributed by atoms with Crippen LogP contribution < -0.4 is 0 Å². The van der Waals surface area contributed by atoms with Crippen LogP contribution in [0.2, 0.25) is 0 Å². The van der Waals surface area contributed by atoms with E-state index < -0.39 is 16.1 Å². The first-order valence-electron chi connectivity index (χ1n) is 9.38. The Bertz CT molecular complexity index is 1090. The van der Waals surface area contributed by atoms with E-state index in [1.54, 1.807) is 48.2 Å². The summed E-state index contributed by atoms with van der Waals surface area (Å²) >= 11 is 0. The van der Waals surface area contributed by atoms with Gasteiger partial charge in [0.25, 0.3) is 5.91 Å². The van der Waals surface area contributed by atoms with Crippen LogP contribution in [0.5, 0.6) is 0 Å². The molecular weight excluding hydrogens is 392 g/mol. The Hall–Kier alpha value is -2.84. The van der Waals surface area contributed by atoms with Crippen LogP contribution in [0.4, 0.5) is 0 Å². The van der Waals surface area contributed by atoms with Gasteiger partial charge in [0.1, 0.15) is 5.37 Å². The van der Waals surface area contributed by atoms with Gasteiger partial charge in [-0.25, -0.2) is 8.42 Å². The number of piperazine rings is 1. The molecule has 0 saturated carbocycles. The maximum Gasteiger partial charge on any atom is 0.253 e. The van der Waals surface area contributed by atoms with Crippen LogP contribution in [-0.2, 0) is 10.7 Å². The van der Waals surface area contributed by atoms with Crippen LogP contribution in [0.25, 0.3) is 0 Å². The van der Waals surface area contributed by atoms with E-state index in [4.69, 9.17) is 0 Å². The van der Waals surface area contributed by atoms with Crippen molar-refractivity contribution < 1.29 is 22.8 Å². The topological polar surface area (TPSA) is 91.8 Å². The molecule has 0 N–H and O–H groups in total. The first-order chi connectivity index (χ1) is 13.9. The SMILES string of the molecule is CC(N1CCN(C(=O)c2ccc3c(c2)C(=O)c2ccccc2C3=O)CC1)[SH](=O)=O. The Labute approximate surface area is 169 Å². The summed E-state index contributed by atoms with van der Waals surface area (Å²) in [5.74, 6) is -0.711. The molecule has 1 aliphatic heterocycles. The lowest BCUT2D eigenvalue weighted by Gasteiger charge is -2.36. The number of rotatable bonds is 3. The van der Waals surface area contributed by atoms with Crippen LogP contribution in [-0.4, -0.2) is 67.2 Å². The minimum Gasteiger partial charge on any atom is -0.336 e. The van der Waals surface area contributed by atoms with Crippen molar-refractivity contribution in [1.29, 1.82) is 0 Å². The highest BCUT2D eigenvalue weighted by Crippen LogP contribution is 2.28. The van der Waals surface area contributed by atoms with Crippen LogP contribution in [0, 0.1) is 0 Å². The van der Waals surface area contributed by atoms with Crippen molar-refractivity contribution in [3.8, 4) is 0 Å². The van der Waals surface area contributed by atoms with Crippen molar-refractivity contribution in [2.24, 2.45) is 0 Å². The molecule has 0 spiro atoms. The number of carbonyl (C=O) groups excluding carboxylic acids is 3. The van der Waals surface area contributed by atoms with Crippen LogP contribution in [0.1, 0.15) is 49.1 Å². The third-order valence-electron chi connectivity index (χ3n) is 5.61. The van der Waals surface area contributed by atoms with E-state index in [2.05, 4.69) is 0 Å². The Balaban J connectivity index is 1.56. The lowest BCUT2D eigenvalue weighted by molar-refractivity contribution is 0.0627. The predicted octanol–water partition coefficient (Wildman–Crippen LogP) is 1.18. The average Bonchev–Trinajstić information content (AvgIpc) is 2.76. The van der Waals surface area contributed by atoms with E-state index in [-0.39, 0.29) is 23.0 Å². The first kappa shape index (κ1) is 19.5. The molecule has 1 heterocycles. The van der Waals surface area contributed by atoms with Crippen molar-refractivity contribution in [2.45, 2.75) is 12.3 Å². The highest BCUT2D eigenvalue weighted by Gasteiger charge is 2.31. The Morgan fingerprint density at radius 3 is 2.00 bits per heavy atom. The van der Waals surface area contributed by atoms with Crippen molar-refractivity contribution in [1.82, 2.24) is 9.80 Å². The predicted molar refractivity (Wildman–Crippen MR) is 107 cm³/mol. The second-order valence-corrected chi connectivity index (χ2v) is 8.53. The molecule has 1 fully saturated rings. The zero-order valence-corrected chi connectivity index (χ0v) is 16.7. The second-order valence-electron chi connectivity index (χ2n) is 7.21. The summed E-state index contributed by atoms with van der Waals surface area (Å²) in [5.41, 5.74) is 1.63. The summed E-state index contributed by atoms with van der Waals surface area (Å²) in [6.45, 7) is 3.36. The summed E-state index contributed by atoms with van der Waals surface area (Å²) in [6.07, 6.45) is 0. The molecule has 150 valence electrons. The van der Waals surface area contributed by atoms with E-state index in [0.717, 1.165) is 0 Å². The van der Waals surface area contributed by atoms with E-state index in [9.17, 15) is 22.8 Å². The van der Waals surface area contributed by atoms with Gasteiger partial charge >= 0.3 is 0 Å². The van der Waals surface area contributed by atoms with Crippen LogP contribution in [0.3, 0.4) is 0 Å². The Morgan fingerprint density at radius 1 is 0.862 bits per heavy atom. The third kappa shape index (κ3) is 3.38. The van der Waals surface area contributed by atoms with Gasteiger partial charge in [-0.2, -0.15) is 0 Å². The number of nitrogens with zero attached hydrogens (tertiary/aromatic N) is 2. The zero-order valence-electron chi connectivity index (χ0n) is 15.8. The highest BCUT2D eigenvalue weighted by molar-refractivity contribution is 7.73. The quantitative estimate of drug-likeness (QED) is 0.650. The number of benzene rings is 2. The smallest absolute Gasteiger partial charge is 0.253 e. The van der Waals surface area contributed by atoms with Crippen LogP contribution in [0.15, 0.2) is 42.5 Å². The number of fused-ring (bicyclic) bond motifs is 2. The number of hydrogen-bond donors (Lipinski definition) is 1. The van der Waals surface area contributed by atoms with Gasteiger partial charge in [-0.1, -0.05) is 24.3 Å². The van der Waals surface area contributed by atoms with Gasteiger partial charge in [-0.15, -0.1) is 0 Å². The van der Waals surface area contributed by atoms with Gasteiger partial charge in [0, 0.05) is 54.0 Å². The molecule has 29 heavy (non-hydrogen) atoms. The van der Waals surface area contributed by atoms with Gasteiger partial charge in [0.2, 0.25) is 0 Å². The summed E-state index contributed by atoms with van der Waals surface area (Å²) in [6, 6.07) is 11.3. The molecule has 1 unspecified atom stereocenters. The normalized spacial score (nSPS) is 17.8. The molecular formula is C21H20N2O5S. The molecule has 2 aliphatic rings. The highest BCUT2D eigenvalue weighted by atomic mass is 32.2. The van der Waals surface area contributed by atoms with Crippen molar-refractivity contribution in [3.63, 3.8) is 0 Å². The number of carbonyl (C=O) groups is 3. The van der Waals surface area contributed by atoms with Crippen molar-refractivity contribution in [3.05, 3.63) is 70.3 Å². The van der Waals surface area contributed by atoms with E-state index >= 15 is 0 Å². The molecule has 0 bridgehead atoms. The minimum absolute atomic E-state index is 0.219. The molecule has 1 amide bonds. The molecule has 2 aromatic rings. The molecule has 7 nitrogen and oxygen atoms in total. The van der Waals surface area contributed by atoms with E-state index in [1.165, 1.54) is 6.07 Å². The Morgan fingerprint density at radius 2 is 1.41 bits per heavy atom. The maximum atomic E-state index is 12.9. The third-order valence-corrected chi connectivity index (χ3v) is 6.54.